The molecule has 5 nitrogen and oxygen atoms in total. The van der Waals surface area contributed by atoms with Crippen molar-refractivity contribution in [3.05, 3.63) is 47.8 Å². The van der Waals surface area contributed by atoms with Gasteiger partial charge in [0.25, 0.3) is 5.91 Å². The first-order valence-electron chi connectivity index (χ1n) is 7.84. The minimum absolute atomic E-state index is 0.234. The normalized spacial score (nSPS) is 13.9. The fourth-order valence-electron chi connectivity index (χ4n) is 2.79. The molecule has 0 atom stereocenters. The summed E-state index contributed by atoms with van der Waals surface area (Å²) in [5.41, 5.74) is 3.19. The summed E-state index contributed by atoms with van der Waals surface area (Å²) in [6, 6.07) is 9.40. The van der Waals surface area contributed by atoms with Crippen LogP contribution < -0.4 is 15.0 Å². The number of amides is 1. The number of nitrogens with zero attached hydrogens (tertiary/aromatic N) is 2. The van der Waals surface area contributed by atoms with Crippen LogP contribution in [0.3, 0.4) is 0 Å². The molecule has 23 heavy (non-hydrogen) atoms. The predicted octanol–water partition coefficient (Wildman–Crippen LogP) is 3.25. The Morgan fingerprint density at radius 3 is 2.65 bits per heavy atom. The topological polar surface area (TPSA) is 54.5 Å². The molecule has 0 radical (unpaired) electrons. The Balaban J connectivity index is 1.74. The van der Waals surface area contributed by atoms with Gasteiger partial charge < -0.3 is 15.0 Å². The van der Waals surface area contributed by atoms with Crippen molar-refractivity contribution in [2.45, 2.75) is 19.8 Å². The number of methoxy groups -OCH3 is 1. The van der Waals surface area contributed by atoms with Gasteiger partial charge >= 0.3 is 0 Å². The van der Waals surface area contributed by atoms with Crippen LogP contribution in [0.25, 0.3) is 0 Å². The van der Waals surface area contributed by atoms with E-state index < -0.39 is 0 Å². The molecule has 0 bridgehead atoms. The molecule has 1 saturated heterocycles. The van der Waals surface area contributed by atoms with E-state index in [1.807, 2.05) is 31.2 Å². The maximum absolute atomic E-state index is 12.4. The second-order valence-electron chi connectivity index (χ2n) is 5.75. The molecule has 2 aromatic rings. The Morgan fingerprint density at radius 1 is 1.22 bits per heavy atom. The number of hydrogen-bond donors (Lipinski definition) is 1. The smallest absolute Gasteiger partial charge is 0.274 e. The van der Waals surface area contributed by atoms with Crippen LogP contribution in [-0.4, -0.2) is 31.1 Å². The Labute approximate surface area is 136 Å². The number of aryl methyl sites for hydroxylation is 1. The summed E-state index contributed by atoms with van der Waals surface area (Å²) < 4.78 is 5.28. The van der Waals surface area contributed by atoms with Crippen molar-refractivity contribution >= 4 is 17.3 Å². The lowest BCUT2D eigenvalue weighted by Crippen LogP contribution is -2.19. The van der Waals surface area contributed by atoms with E-state index in [9.17, 15) is 4.79 Å². The number of aromatic nitrogens is 1. The number of ether oxygens (including phenoxy) is 1. The first-order valence-corrected chi connectivity index (χ1v) is 7.84. The summed E-state index contributed by atoms with van der Waals surface area (Å²) in [6.07, 6.45) is 4.21. The molecule has 3 rings (SSSR count). The molecular weight excluding hydrogens is 290 g/mol. The van der Waals surface area contributed by atoms with Crippen molar-refractivity contribution in [1.82, 2.24) is 4.98 Å². The Kier molecular flexibility index (Phi) is 4.46. The molecule has 1 N–H and O–H groups in total. The fourth-order valence-corrected chi connectivity index (χ4v) is 2.79. The van der Waals surface area contributed by atoms with Crippen LogP contribution in [0.15, 0.2) is 36.5 Å². The monoisotopic (exact) mass is 311 g/mol. The summed E-state index contributed by atoms with van der Waals surface area (Å²) in [5.74, 6) is 0.402. The van der Waals surface area contributed by atoms with Crippen LogP contribution >= 0.6 is 0 Å². The first-order chi connectivity index (χ1) is 11.2. The van der Waals surface area contributed by atoms with E-state index in [-0.39, 0.29) is 5.91 Å². The molecule has 1 aromatic heterocycles. The van der Waals surface area contributed by atoms with Gasteiger partial charge in [0.1, 0.15) is 11.4 Å². The van der Waals surface area contributed by atoms with Crippen molar-refractivity contribution < 1.29 is 9.53 Å². The zero-order chi connectivity index (χ0) is 16.2. The van der Waals surface area contributed by atoms with Crippen LogP contribution in [0.5, 0.6) is 5.75 Å². The summed E-state index contributed by atoms with van der Waals surface area (Å²) in [4.78, 5) is 19.0. The van der Waals surface area contributed by atoms with Crippen molar-refractivity contribution in [1.29, 1.82) is 0 Å². The van der Waals surface area contributed by atoms with Gasteiger partial charge in [-0.05, 0) is 49.6 Å². The number of rotatable bonds is 4. The Hall–Kier alpha value is -2.56. The van der Waals surface area contributed by atoms with Gasteiger partial charge in [-0.3, -0.25) is 4.79 Å². The van der Waals surface area contributed by atoms with E-state index in [1.54, 1.807) is 19.4 Å². The minimum atomic E-state index is -0.234. The van der Waals surface area contributed by atoms with Gasteiger partial charge in [0.05, 0.1) is 24.7 Å². The van der Waals surface area contributed by atoms with Gasteiger partial charge in [-0.15, -0.1) is 0 Å². The highest BCUT2D eigenvalue weighted by Crippen LogP contribution is 2.26. The highest BCUT2D eigenvalue weighted by Gasteiger charge is 2.15. The number of pyridine rings is 1. The summed E-state index contributed by atoms with van der Waals surface area (Å²) >= 11 is 0. The molecular formula is C18H21N3O2. The zero-order valence-electron chi connectivity index (χ0n) is 13.5. The van der Waals surface area contributed by atoms with Gasteiger partial charge in [-0.1, -0.05) is 6.07 Å². The lowest BCUT2D eigenvalue weighted by atomic mass is 10.2. The Bertz CT molecular complexity index is 692. The molecule has 5 heteroatoms. The van der Waals surface area contributed by atoms with E-state index >= 15 is 0 Å². The number of anilines is 2. The van der Waals surface area contributed by atoms with E-state index in [0.717, 1.165) is 24.3 Å². The molecule has 0 unspecified atom stereocenters. The lowest BCUT2D eigenvalue weighted by molar-refractivity contribution is 0.102. The highest BCUT2D eigenvalue weighted by molar-refractivity contribution is 6.03. The molecule has 1 aromatic carbocycles. The number of benzene rings is 1. The highest BCUT2D eigenvalue weighted by atomic mass is 16.5. The van der Waals surface area contributed by atoms with Gasteiger partial charge in [0, 0.05) is 13.1 Å². The van der Waals surface area contributed by atoms with Gasteiger partial charge in [-0.2, -0.15) is 0 Å². The number of carbonyl (C=O) groups excluding carboxylic acids is 1. The van der Waals surface area contributed by atoms with E-state index in [1.165, 1.54) is 12.8 Å². The quantitative estimate of drug-likeness (QED) is 0.941. The fraction of sp³-hybridized carbons (Fsp3) is 0.333. The van der Waals surface area contributed by atoms with E-state index in [0.29, 0.717) is 17.1 Å². The average molecular weight is 311 g/mol. The maximum Gasteiger partial charge on any atom is 0.274 e. The summed E-state index contributed by atoms with van der Waals surface area (Å²) in [6.45, 7) is 4.10. The zero-order valence-corrected chi connectivity index (χ0v) is 13.5. The van der Waals surface area contributed by atoms with E-state index in [2.05, 4.69) is 15.2 Å². The maximum atomic E-state index is 12.4. The number of carbonyl (C=O) groups is 1. The largest absolute Gasteiger partial charge is 0.495 e. The second-order valence-corrected chi connectivity index (χ2v) is 5.75. The van der Waals surface area contributed by atoms with Crippen LogP contribution in [0, 0.1) is 6.92 Å². The third-order valence-electron chi connectivity index (χ3n) is 4.05. The molecule has 1 aliphatic heterocycles. The molecule has 2 heterocycles. The standard InChI is InChI=1S/C18H21N3O2/c1-13-5-8-17(23-2)16(11-13)20-18(22)15-7-6-14(12-19-15)21-9-3-4-10-21/h5-8,11-12H,3-4,9-10H2,1-2H3,(H,20,22). The first kappa shape index (κ1) is 15.3. The van der Waals surface area contributed by atoms with Crippen molar-refractivity contribution in [3.8, 4) is 5.75 Å². The van der Waals surface area contributed by atoms with Crippen LogP contribution in [0.2, 0.25) is 0 Å². The molecule has 0 aliphatic carbocycles. The van der Waals surface area contributed by atoms with Crippen molar-refractivity contribution in [2.24, 2.45) is 0 Å². The summed E-state index contributed by atoms with van der Waals surface area (Å²) in [5, 5.41) is 2.87. The molecule has 1 aliphatic rings. The van der Waals surface area contributed by atoms with Crippen LogP contribution in [0.1, 0.15) is 28.9 Å². The van der Waals surface area contributed by atoms with Gasteiger partial charge in [-0.25, -0.2) is 4.98 Å². The minimum Gasteiger partial charge on any atom is -0.495 e. The third kappa shape index (κ3) is 3.44. The second kappa shape index (κ2) is 6.69. The third-order valence-corrected chi connectivity index (χ3v) is 4.05. The number of hydrogen-bond acceptors (Lipinski definition) is 4. The molecule has 1 fully saturated rings. The molecule has 1 amide bonds. The predicted molar refractivity (Wildman–Crippen MR) is 91.4 cm³/mol. The molecule has 0 spiro atoms. The number of nitrogens with one attached hydrogen (secondary N) is 1. The Morgan fingerprint density at radius 2 is 2.00 bits per heavy atom. The molecule has 120 valence electrons. The van der Waals surface area contributed by atoms with Crippen LogP contribution in [0.4, 0.5) is 11.4 Å². The average Bonchev–Trinajstić information content (AvgIpc) is 3.10. The van der Waals surface area contributed by atoms with Crippen LogP contribution in [-0.2, 0) is 0 Å². The van der Waals surface area contributed by atoms with Gasteiger partial charge in [0.2, 0.25) is 0 Å². The van der Waals surface area contributed by atoms with Gasteiger partial charge in [0.15, 0.2) is 0 Å². The SMILES string of the molecule is COc1ccc(C)cc1NC(=O)c1ccc(N2CCCC2)cn1. The van der Waals surface area contributed by atoms with E-state index in [4.69, 9.17) is 4.74 Å². The molecule has 0 saturated carbocycles. The van der Waals surface area contributed by atoms with Crippen molar-refractivity contribution in [2.75, 3.05) is 30.4 Å². The van der Waals surface area contributed by atoms with Crippen molar-refractivity contribution in [3.63, 3.8) is 0 Å². The summed E-state index contributed by atoms with van der Waals surface area (Å²) in [7, 11) is 1.59. The lowest BCUT2D eigenvalue weighted by Gasteiger charge is -2.17.